The number of hydrogen-bond acceptors (Lipinski definition) is 2. The van der Waals surface area contributed by atoms with Crippen LogP contribution in [0.5, 0.6) is 0 Å². The maximum absolute atomic E-state index is 11.9. The third-order valence-electron chi connectivity index (χ3n) is 3.30. The van der Waals surface area contributed by atoms with Crippen molar-refractivity contribution in [3.63, 3.8) is 0 Å². The molecular formula is C11H14N2O3. The molecule has 0 aromatic carbocycles. The summed E-state index contributed by atoms with van der Waals surface area (Å²) in [5.41, 5.74) is -0.720. The molecular weight excluding hydrogens is 208 g/mol. The zero-order valence-electron chi connectivity index (χ0n) is 9.01. The van der Waals surface area contributed by atoms with E-state index in [9.17, 15) is 9.59 Å². The van der Waals surface area contributed by atoms with Crippen LogP contribution in [-0.4, -0.2) is 42.1 Å². The largest absolute Gasteiger partial charge is 0.465 e. The van der Waals surface area contributed by atoms with Crippen molar-refractivity contribution in [1.29, 1.82) is 0 Å². The molecule has 2 aliphatic rings. The highest BCUT2D eigenvalue weighted by atomic mass is 16.4. The van der Waals surface area contributed by atoms with Crippen molar-refractivity contribution in [2.45, 2.75) is 0 Å². The first-order chi connectivity index (χ1) is 7.60. The molecule has 2 unspecified atom stereocenters. The van der Waals surface area contributed by atoms with Crippen LogP contribution < -0.4 is 5.32 Å². The number of likely N-dealkylation sites (tertiary alicyclic amines) is 1. The molecule has 5 nitrogen and oxygen atoms in total. The predicted octanol–water partition coefficient (Wildman–Crippen LogP) is 0.455. The van der Waals surface area contributed by atoms with Crippen molar-refractivity contribution in [3.05, 3.63) is 24.3 Å². The van der Waals surface area contributed by atoms with Gasteiger partial charge in [-0.25, -0.2) is 4.79 Å². The van der Waals surface area contributed by atoms with Crippen molar-refractivity contribution < 1.29 is 14.7 Å². The van der Waals surface area contributed by atoms with Gasteiger partial charge in [0.15, 0.2) is 0 Å². The van der Waals surface area contributed by atoms with Crippen LogP contribution >= 0.6 is 0 Å². The lowest BCUT2D eigenvalue weighted by Crippen LogP contribution is -2.44. The van der Waals surface area contributed by atoms with Crippen LogP contribution in [0.1, 0.15) is 0 Å². The Labute approximate surface area is 93.4 Å². The van der Waals surface area contributed by atoms with E-state index < -0.39 is 11.5 Å². The molecule has 0 aromatic heterocycles. The molecule has 1 saturated heterocycles. The maximum Gasteiger partial charge on any atom is 0.407 e. The quantitative estimate of drug-likeness (QED) is 0.677. The molecule has 0 aromatic rings. The minimum absolute atomic E-state index is 0.0615. The Morgan fingerprint density at radius 2 is 2.25 bits per heavy atom. The zero-order chi connectivity index (χ0) is 11.8. The van der Waals surface area contributed by atoms with Gasteiger partial charge < -0.3 is 15.3 Å². The highest BCUT2D eigenvalue weighted by molar-refractivity contribution is 5.87. The van der Waals surface area contributed by atoms with Crippen molar-refractivity contribution in [3.8, 4) is 0 Å². The van der Waals surface area contributed by atoms with E-state index >= 15 is 0 Å². The Bertz CT molecular complexity index is 389. The predicted molar refractivity (Wildman–Crippen MR) is 57.9 cm³/mol. The first kappa shape index (κ1) is 10.7. The Kier molecular flexibility index (Phi) is 2.46. The number of amides is 2. The number of carboxylic acid groups (broad SMARTS) is 1. The Hall–Kier alpha value is -1.78. The van der Waals surface area contributed by atoms with E-state index in [1.807, 2.05) is 12.2 Å². The third-order valence-corrected chi connectivity index (χ3v) is 3.30. The summed E-state index contributed by atoms with van der Waals surface area (Å²) >= 11 is 0. The number of nitrogens with one attached hydrogen (secondary N) is 1. The number of carbonyl (C=O) groups is 2. The second kappa shape index (κ2) is 3.66. The normalized spacial score (nSPS) is 31.3. The summed E-state index contributed by atoms with van der Waals surface area (Å²) in [6.45, 7) is 0.608. The average Bonchev–Trinajstić information content (AvgIpc) is 2.68. The average molecular weight is 222 g/mol. The first-order valence-electron chi connectivity index (χ1n) is 5.16. The Morgan fingerprint density at radius 1 is 1.50 bits per heavy atom. The molecule has 86 valence electrons. The minimum Gasteiger partial charge on any atom is -0.465 e. The van der Waals surface area contributed by atoms with Gasteiger partial charge in [-0.1, -0.05) is 24.3 Å². The van der Waals surface area contributed by atoms with E-state index in [0.29, 0.717) is 6.54 Å². The van der Waals surface area contributed by atoms with E-state index in [1.54, 1.807) is 19.2 Å². The van der Waals surface area contributed by atoms with Crippen molar-refractivity contribution in [2.24, 2.45) is 11.3 Å². The van der Waals surface area contributed by atoms with Gasteiger partial charge in [0, 0.05) is 26.1 Å². The van der Waals surface area contributed by atoms with Gasteiger partial charge in [-0.15, -0.1) is 0 Å². The smallest absolute Gasteiger partial charge is 0.407 e. The molecule has 0 radical (unpaired) electrons. The molecule has 2 rings (SSSR count). The van der Waals surface area contributed by atoms with Gasteiger partial charge in [0.1, 0.15) is 0 Å². The van der Waals surface area contributed by atoms with Gasteiger partial charge in [-0.05, 0) is 0 Å². The van der Waals surface area contributed by atoms with Crippen LogP contribution in [0.25, 0.3) is 0 Å². The summed E-state index contributed by atoms with van der Waals surface area (Å²) < 4.78 is 0. The molecule has 2 atom stereocenters. The first-order valence-corrected chi connectivity index (χ1v) is 5.16. The molecule has 2 amide bonds. The van der Waals surface area contributed by atoms with E-state index in [2.05, 4.69) is 5.32 Å². The fourth-order valence-corrected chi connectivity index (χ4v) is 2.43. The standard InChI is InChI=1S/C11H14N2O3/c1-12-9(14)11-5-3-2-4-8(11)6-13(7-11)10(15)16/h2-5,8H,6-7H2,1H3,(H,12,14)(H,15,16). The fraction of sp³-hybridized carbons (Fsp3) is 0.455. The molecule has 5 heteroatoms. The van der Waals surface area contributed by atoms with Gasteiger partial charge in [0.05, 0.1) is 5.41 Å². The highest BCUT2D eigenvalue weighted by Crippen LogP contribution is 2.40. The van der Waals surface area contributed by atoms with Gasteiger partial charge in [0.25, 0.3) is 0 Å². The number of fused-ring (bicyclic) bond motifs is 1. The third kappa shape index (κ3) is 1.39. The van der Waals surface area contributed by atoms with Crippen LogP contribution in [0, 0.1) is 11.3 Å². The molecule has 2 N–H and O–H groups in total. The van der Waals surface area contributed by atoms with Gasteiger partial charge in [-0.2, -0.15) is 0 Å². The number of rotatable bonds is 1. The van der Waals surface area contributed by atoms with Gasteiger partial charge in [-0.3, -0.25) is 4.79 Å². The second-order valence-electron chi connectivity index (χ2n) is 4.13. The van der Waals surface area contributed by atoms with Crippen molar-refractivity contribution >= 4 is 12.0 Å². The fourth-order valence-electron chi connectivity index (χ4n) is 2.43. The van der Waals surface area contributed by atoms with E-state index in [4.69, 9.17) is 5.11 Å². The molecule has 1 heterocycles. The lowest BCUT2D eigenvalue weighted by atomic mass is 9.74. The van der Waals surface area contributed by atoms with Crippen LogP contribution in [0.4, 0.5) is 4.79 Å². The van der Waals surface area contributed by atoms with Crippen LogP contribution in [-0.2, 0) is 4.79 Å². The van der Waals surface area contributed by atoms with Crippen LogP contribution in [0.15, 0.2) is 24.3 Å². The molecule has 0 saturated carbocycles. The van der Waals surface area contributed by atoms with E-state index in [-0.39, 0.29) is 18.4 Å². The topological polar surface area (TPSA) is 69.6 Å². The Balaban J connectivity index is 2.33. The molecule has 1 aliphatic heterocycles. The molecule has 16 heavy (non-hydrogen) atoms. The van der Waals surface area contributed by atoms with Gasteiger partial charge in [0.2, 0.25) is 5.91 Å². The van der Waals surface area contributed by atoms with Gasteiger partial charge >= 0.3 is 6.09 Å². The van der Waals surface area contributed by atoms with Crippen molar-refractivity contribution in [1.82, 2.24) is 10.2 Å². The van der Waals surface area contributed by atoms with E-state index in [0.717, 1.165) is 0 Å². The van der Waals surface area contributed by atoms with Crippen LogP contribution in [0.2, 0.25) is 0 Å². The SMILES string of the molecule is CNC(=O)C12C=CC=CC1CN(C(=O)O)C2. The second-order valence-corrected chi connectivity index (χ2v) is 4.13. The summed E-state index contributed by atoms with van der Waals surface area (Å²) in [6, 6.07) is 0. The molecule has 0 bridgehead atoms. The lowest BCUT2D eigenvalue weighted by Gasteiger charge is -2.29. The molecule has 0 spiro atoms. The zero-order valence-corrected chi connectivity index (χ0v) is 9.01. The number of allylic oxidation sites excluding steroid dienone is 2. The van der Waals surface area contributed by atoms with Crippen LogP contribution in [0.3, 0.4) is 0 Å². The number of hydrogen-bond donors (Lipinski definition) is 2. The molecule has 1 aliphatic carbocycles. The number of nitrogens with zero attached hydrogens (tertiary/aromatic N) is 1. The summed E-state index contributed by atoms with van der Waals surface area (Å²) in [7, 11) is 1.57. The Morgan fingerprint density at radius 3 is 2.88 bits per heavy atom. The number of carbonyl (C=O) groups excluding carboxylic acids is 1. The maximum atomic E-state index is 11.9. The molecule has 1 fully saturated rings. The van der Waals surface area contributed by atoms with E-state index in [1.165, 1.54) is 4.90 Å². The summed E-state index contributed by atoms with van der Waals surface area (Å²) in [5, 5.41) is 11.6. The summed E-state index contributed by atoms with van der Waals surface area (Å²) in [5.74, 6) is -0.185. The lowest BCUT2D eigenvalue weighted by molar-refractivity contribution is -0.128. The summed E-state index contributed by atoms with van der Waals surface area (Å²) in [4.78, 5) is 24.2. The minimum atomic E-state index is -0.973. The monoisotopic (exact) mass is 222 g/mol. The summed E-state index contributed by atoms with van der Waals surface area (Å²) in [6.07, 6.45) is 6.39. The highest BCUT2D eigenvalue weighted by Gasteiger charge is 2.50. The van der Waals surface area contributed by atoms with Crippen molar-refractivity contribution in [2.75, 3.05) is 20.1 Å².